The first-order chi connectivity index (χ1) is 12.9. The number of rotatable bonds is 6. The van der Waals surface area contributed by atoms with Gasteiger partial charge in [0.05, 0.1) is 11.3 Å². The van der Waals surface area contributed by atoms with E-state index in [4.69, 9.17) is 17.3 Å². The average molecular weight is 406 g/mol. The van der Waals surface area contributed by atoms with Gasteiger partial charge in [0.15, 0.2) is 0 Å². The van der Waals surface area contributed by atoms with Crippen molar-refractivity contribution in [3.63, 3.8) is 0 Å². The highest BCUT2D eigenvalue weighted by atomic mass is 32.2. The van der Waals surface area contributed by atoms with E-state index in [1.165, 1.54) is 12.8 Å². The topological polar surface area (TPSA) is 98.1 Å². The molecule has 3 rings (SSSR count). The number of carbonyl (C=O) groups is 3. The minimum atomic E-state index is -1.52. The van der Waals surface area contributed by atoms with E-state index in [1.807, 2.05) is 24.3 Å². The maximum Gasteiger partial charge on any atom is 0.327 e. The van der Waals surface area contributed by atoms with E-state index in [0.717, 1.165) is 41.0 Å². The van der Waals surface area contributed by atoms with Crippen molar-refractivity contribution < 1.29 is 24.6 Å². The molecule has 1 atom stereocenters. The highest BCUT2D eigenvalue weighted by Gasteiger charge is 2.41. The number of hydrogen-bond donors (Lipinski definition) is 2. The van der Waals surface area contributed by atoms with Gasteiger partial charge in [0.25, 0.3) is 5.91 Å². The van der Waals surface area contributed by atoms with Gasteiger partial charge in [-0.25, -0.2) is 4.79 Å². The van der Waals surface area contributed by atoms with E-state index in [0.29, 0.717) is 0 Å². The van der Waals surface area contributed by atoms with Crippen LogP contribution in [-0.4, -0.2) is 56.4 Å². The van der Waals surface area contributed by atoms with Gasteiger partial charge in [-0.05, 0) is 36.6 Å². The molecule has 7 nitrogen and oxygen atoms in total. The van der Waals surface area contributed by atoms with Crippen molar-refractivity contribution in [2.24, 2.45) is 0 Å². The molecule has 2 fully saturated rings. The first kappa shape index (κ1) is 19.4. The monoisotopic (exact) mass is 406 g/mol. The van der Waals surface area contributed by atoms with Crippen LogP contribution in [0.5, 0.6) is 0 Å². The second-order valence-corrected chi connectivity index (χ2v) is 7.97. The van der Waals surface area contributed by atoms with Crippen LogP contribution in [0.3, 0.4) is 0 Å². The number of carboxylic acids is 2. The molecule has 142 valence electrons. The van der Waals surface area contributed by atoms with E-state index >= 15 is 0 Å². The normalized spacial score (nSPS) is 19.8. The molecule has 2 saturated heterocycles. The molecule has 1 amide bonds. The van der Waals surface area contributed by atoms with Gasteiger partial charge in [-0.3, -0.25) is 14.5 Å². The fraction of sp³-hybridized carbons (Fsp3) is 0.333. The van der Waals surface area contributed by atoms with Crippen molar-refractivity contribution >= 4 is 57.9 Å². The van der Waals surface area contributed by atoms with Crippen molar-refractivity contribution in [3.05, 3.63) is 34.7 Å². The Labute approximate surface area is 165 Å². The Morgan fingerprint density at radius 1 is 1.19 bits per heavy atom. The van der Waals surface area contributed by atoms with E-state index in [-0.39, 0.29) is 9.23 Å². The van der Waals surface area contributed by atoms with Crippen LogP contribution in [-0.2, 0) is 14.4 Å². The number of anilines is 1. The average Bonchev–Trinajstić information content (AvgIpc) is 3.23. The second kappa shape index (κ2) is 8.10. The van der Waals surface area contributed by atoms with Crippen molar-refractivity contribution in [1.29, 1.82) is 0 Å². The van der Waals surface area contributed by atoms with Gasteiger partial charge in [0, 0.05) is 18.8 Å². The fourth-order valence-electron chi connectivity index (χ4n) is 3.11. The molecule has 1 aromatic rings. The van der Waals surface area contributed by atoms with Gasteiger partial charge in [0.2, 0.25) is 0 Å². The van der Waals surface area contributed by atoms with E-state index in [2.05, 4.69) is 4.90 Å². The minimum Gasteiger partial charge on any atom is -0.481 e. The Hall–Kier alpha value is -2.39. The molecule has 2 N–H and O–H groups in total. The van der Waals surface area contributed by atoms with Crippen LogP contribution < -0.4 is 4.90 Å². The van der Waals surface area contributed by atoms with Crippen LogP contribution in [0.1, 0.15) is 24.8 Å². The first-order valence-electron chi connectivity index (χ1n) is 8.43. The molecule has 1 unspecified atom stereocenters. The third-order valence-electron chi connectivity index (χ3n) is 4.45. The number of hydrogen-bond acceptors (Lipinski definition) is 6. The molecule has 1 aromatic carbocycles. The second-order valence-electron chi connectivity index (χ2n) is 6.29. The molecule has 2 aliphatic heterocycles. The van der Waals surface area contributed by atoms with E-state index < -0.39 is 30.3 Å². The first-order valence-corrected chi connectivity index (χ1v) is 9.66. The molecular weight excluding hydrogens is 388 g/mol. The molecule has 0 aliphatic carbocycles. The third-order valence-corrected chi connectivity index (χ3v) is 5.78. The van der Waals surface area contributed by atoms with Crippen LogP contribution in [0.4, 0.5) is 5.69 Å². The number of carbonyl (C=O) groups excluding carboxylic acids is 1. The Kier molecular flexibility index (Phi) is 5.81. The summed E-state index contributed by atoms with van der Waals surface area (Å²) in [6.07, 6.45) is 3.31. The fourth-order valence-corrected chi connectivity index (χ4v) is 4.47. The van der Waals surface area contributed by atoms with Gasteiger partial charge in [0.1, 0.15) is 10.4 Å². The Balaban J connectivity index is 1.79. The molecular formula is C18H18N2O5S2. The molecule has 0 radical (unpaired) electrons. The summed E-state index contributed by atoms with van der Waals surface area (Å²) in [5.41, 5.74) is 1.92. The van der Waals surface area contributed by atoms with Gasteiger partial charge in [-0.2, -0.15) is 0 Å². The molecule has 27 heavy (non-hydrogen) atoms. The predicted octanol–water partition coefficient (Wildman–Crippen LogP) is 2.42. The summed E-state index contributed by atoms with van der Waals surface area (Å²) >= 11 is 6.10. The molecule has 9 heteroatoms. The van der Waals surface area contributed by atoms with E-state index in [1.54, 1.807) is 6.08 Å². The van der Waals surface area contributed by atoms with Crippen molar-refractivity contribution in [2.45, 2.75) is 25.3 Å². The quantitative estimate of drug-likeness (QED) is 0.549. The molecule has 0 spiro atoms. The molecule has 2 heterocycles. The van der Waals surface area contributed by atoms with Crippen LogP contribution in [0.25, 0.3) is 6.08 Å². The number of nitrogens with zero attached hydrogens (tertiary/aromatic N) is 2. The number of aliphatic carboxylic acids is 2. The summed E-state index contributed by atoms with van der Waals surface area (Å²) in [5.74, 6) is -3.29. The number of thiocarbonyl (C=S) groups is 1. The Morgan fingerprint density at radius 3 is 2.37 bits per heavy atom. The molecule has 0 bridgehead atoms. The zero-order valence-corrected chi connectivity index (χ0v) is 16.0. The Bertz CT molecular complexity index is 816. The number of amides is 1. The van der Waals surface area contributed by atoms with Crippen molar-refractivity contribution in [2.75, 3.05) is 18.0 Å². The maximum atomic E-state index is 12.6. The largest absolute Gasteiger partial charge is 0.481 e. The van der Waals surface area contributed by atoms with Gasteiger partial charge < -0.3 is 15.1 Å². The van der Waals surface area contributed by atoms with Crippen LogP contribution >= 0.6 is 24.0 Å². The summed E-state index contributed by atoms with van der Waals surface area (Å²) < 4.78 is 0.0496. The summed E-state index contributed by atoms with van der Waals surface area (Å²) in [5, 5.41) is 18.2. The molecule has 0 saturated carbocycles. The Morgan fingerprint density at radius 2 is 1.81 bits per heavy atom. The summed E-state index contributed by atoms with van der Waals surface area (Å²) in [4.78, 5) is 38.4. The molecule has 2 aliphatic rings. The van der Waals surface area contributed by atoms with Gasteiger partial charge >= 0.3 is 11.9 Å². The highest BCUT2D eigenvalue weighted by Crippen LogP contribution is 2.35. The van der Waals surface area contributed by atoms with Gasteiger partial charge in [-0.15, -0.1) is 0 Å². The lowest BCUT2D eigenvalue weighted by Gasteiger charge is -2.21. The number of carboxylic acid groups (broad SMARTS) is 2. The number of benzene rings is 1. The third kappa shape index (κ3) is 4.30. The maximum absolute atomic E-state index is 12.6. The van der Waals surface area contributed by atoms with E-state index in [9.17, 15) is 19.5 Å². The zero-order chi connectivity index (χ0) is 19.6. The molecule has 0 aromatic heterocycles. The van der Waals surface area contributed by atoms with Crippen LogP contribution in [0.2, 0.25) is 0 Å². The van der Waals surface area contributed by atoms with Crippen LogP contribution in [0.15, 0.2) is 29.2 Å². The summed E-state index contributed by atoms with van der Waals surface area (Å²) in [6, 6.07) is 6.25. The number of thioether (sulfide) groups is 1. The predicted molar refractivity (Wildman–Crippen MR) is 107 cm³/mol. The van der Waals surface area contributed by atoms with Crippen molar-refractivity contribution in [1.82, 2.24) is 4.90 Å². The smallest absolute Gasteiger partial charge is 0.327 e. The summed E-state index contributed by atoms with van der Waals surface area (Å²) in [6.45, 7) is 2.08. The highest BCUT2D eigenvalue weighted by molar-refractivity contribution is 8.26. The standard InChI is InChI=1S/C18H18N2O5S2/c21-15(22)10-13(17(24)25)20-16(23)14(27-18(20)26)9-11-3-5-12(6-4-11)19-7-1-2-8-19/h3-6,9,13H,1-2,7-8,10H2,(H,21,22)(H,24,25)/b14-9-. The van der Waals surface area contributed by atoms with Gasteiger partial charge in [-0.1, -0.05) is 36.1 Å². The minimum absolute atomic E-state index is 0.0496. The summed E-state index contributed by atoms with van der Waals surface area (Å²) in [7, 11) is 0. The lowest BCUT2D eigenvalue weighted by atomic mass is 10.1. The SMILES string of the molecule is O=C(O)CC(C(=O)O)N1C(=O)/C(=C/c2ccc(N3CCCC3)cc2)SC1=S. The lowest BCUT2D eigenvalue weighted by molar-refractivity contribution is -0.150. The van der Waals surface area contributed by atoms with Crippen molar-refractivity contribution in [3.8, 4) is 0 Å². The zero-order valence-electron chi connectivity index (χ0n) is 14.3. The lowest BCUT2D eigenvalue weighted by Crippen LogP contribution is -2.45. The van der Waals surface area contributed by atoms with Crippen LogP contribution in [0, 0.1) is 0 Å².